The smallest absolute Gasteiger partial charge is 0.255 e. The van der Waals surface area contributed by atoms with E-state index < -0.39 is 0 Å². The molecule has 0 aliphatic heterocycles. The van der Waals surface area contributed by atoms with E-state index in [1.165, 1.54) is 30.3 Å². The number of hydrogen-bond acceptors (Lipinski definition) is 2. The Morgan fingerprint density at radius 3 is 2.63 bits per heavy atom. The second kappa shape index (κ2) is 5.40. The van der Waals surface area contributed by atoms with Crippen molar-refractivity contribution in [2.24, 2.45) is 0 Å². The number of aromatic hydroxyl groups is 1. The Hall–Kier alpha value is -1.88. The van der Waals surface area contributed by atoms with Gasteiger partial charge in [-0.3, -0.25) is 4.79 Å². The minimum Gasteiger partial charge on any atom is -0.508 e. The molecule has 0 bridgehead atoms. The molecule has 98 valence electrons. The molecule has 2 rings (SSSR count). The zero-order valence-corrected chi connectivity index (χ0v) is 11.7. The zero-order chi connectivity index (χ0) is 14.0. The Kier molecular flexibility index (Phi) is 3.85. The normalized spacial score (nSPS) is 10.3. The lowest BCUT2D eigenvalue weighted by atomic mass is 10.1. The molecule has 19 heavy (non-hydrogen) atoms. The maximum absolute atomic E-state index is 13.1. The number of phenolic OH excluding ortho intramolecular Hbond substituents is 1. The summed E-state index contributed by atoms with van der Waals surface area (Å²) in [6.45, 7) is 1.73. The van der Waals surface area contributed by atoms with Gasteiger partial charge in [-0.15, -0.1) is 0 Å². The number of anilines is 1. The molecule has 1 amide bonds. The number of amides is 1. The van der Waals surface area contributed by atoms with Gasteiger partial charge < -0.3 is 10.4 Å². The first-order valence-corrected chi connectivity index (χ1v) is 6.32. The summed E-state index contributed by atoms with van der Waals surface area (Å²) in [5, 5.41) is 12.0. The van der Waals surface area contributed by atoms with E-state index >= 15 is 0 Å². The molecule has 0 saturated heterocycles. The average molecular weight is 324 g/mol. The van der Waals surface area contributed by atoms with Crippen molar-refractivity contribution in [2.45, 2.75) is 6.92 Å². The van der Waals surface area contributed by atoms with Gasteiger partial charge in [-0.1, -0.05) is 0 Å². The summed E-state index contributed by atoms with van der Waals surface area (Å²) in [6.07, 6.45) is 0. The standard InChI is InChI=1S/C14H11BrFNO2/c1-8-6-10(18)3-4-11(8)14(19)17-9-2-5-13(16)12(15)7-9/h2-7,18H,1H3,(H,17,19). The van der Waals surface area contributed by atoms with Gasteiger partial charge in [-0.2, -0.15) is 0 Å². The molecule has 3 nitrogen and oxygen atoms in total. The zero-order valence-electron chi connectivity index (χ0n) is 10.1. The number of halogens is 2. The number of nitrogens with one attached hydrogen (secondary N) is 1. The van der Waals surface area contributed by atoms with Crippen molar-refractivity contribution in [2.75, 3.05) is 5.32 Å². The van der Waals surface area contributed by atoms with E-state index in [1.807, 2.05) is 0 Å². The summed E-state index contributed by atoms with van der Waals surface area (Å²) in [5.74, 6) is -0.589. The van der Waals surface area contributed by atoms with Crippen LogP contribution in [0.25, 0.3) is 0 Å². The predicted molar refractivity (Wildman–Crippen MR) is 74.9 cm³/mol. The van der Waals surface area contributed by atoms with Gasteiger partial charge in [-0.05, 0) is 64.8 Å². The summed E-state index contributed by atoms with van der Waals surface area (Å²) in [7, 11) is 0. The molecule has 0 unspecified atom stereocenters. The first-order chi connectivity index (χ1) is 8.97. The molecule has 0 spiro atoms. The molecule has 0 aromatic heterocycles. The Balaban J connectivity index is 2.23. The van der Waals surface area contributed by atoms with Crippen molar-refractivity contribution in [1.29, 1.82) is 0 Å². The fourth-order valence-corrected chi connectivity index (χ4v) is 2.05. The van der Waals surface area contributed by atoms with Crippen LogP contribution in [0.15, 0.2) is 40.9 Å². The van der Waals surface area contributed by atoms with Crippen molar-refractivity contribution in [1.82, 2.24) is 0 Å². The lowest BCUT2D eigenvalue weighted by molar-refractivity contribution is 0.102. The van der Waals surface area contributed by atoms with E-state index in [1.54, 1.807) is 13.0 Å². The molecule has 0 aliphatic rings. The summed E-state index contributed by atoms with van der Waals surface area (Å²) in [6, 6.07) is 8.73. The average Bonchev–Trinajstić information content (AvgIpc) is 2.33. The van der Waals surface area contributed by atoms with E-state index in [0.29, 0.717) is 16.8 Å². The lowest BCUT2D eigenvalue weighted by Gasteiger charge is -2.08. The van der Waals surface area contributed by atoms with Gasteiger partial charge in [0.2, 0.25) is 0 Å². The Morgan fingerprint density at radius 1 is 1.26 bits per heavy atom. The summed E-state index contributed by atoms with van der Waals surface area (Å²) >= 11 is 3.06. The maximum atomic E-state index is 13.1. The van der Waals surface area contributed by atoms with Crippen molar-refractivity contribution < 1.29 is 14.3 Å². The fourth-order valence-electron chi connectivity index (χ4n) is 1.67. The molecular formula is C14H11BrFNO2. The molecule has 2 N–H and O–H groups in total. The summed E-state index contributed by atoms with van der Waals surface area (Å²) < 4.78 is 13.4. The molecule has 2 aromatic carbocycles. The molecule has 0 saturated carbocycles. The largest absolute Gasteiger partial charge is 0.508 e. The molecule has 5 heteroatoms. The topological polar surface area (TPSA) is 49.3 Å². The number of carbonyl (C=O) groups excluding carboxylic acids is 1. The highest BCUT2D eigenvalue weighted by molar-refractivity contribution is 9.10. The van der Waals surface area contributed by atoms with Crippen LogP contribution in [-0.4, -0.2) is 11.0 Å². The van der Waals surface area contributed by atoms with Crippen LogP contribution in [0.3, 0.4) is 0 Å². The minimum atomic E-state index is -0.390. The molecule has 0 fully saturated rings. The van der Waals surface area contributed by atoms with Crippen molar-refractivity contribution >= 4 is 27.5 Å². The van der Waals surface area contributed by atoms with Crippen LogP contribution in [0.5, 0.6) is 5.75 Å². The maximum Gasteiger partial charge on any atom is 0.255 e. The van der Waals surface area contributed by atoms with Crippen LogP contribution in [0.1, 0.15) is 15.9 Å². The highest BCUT2D eigenvalue weighted by Gasteiger charge is 2.10. The highest BCUT2D eigenvalue weighted by Crippen LogP contribution is 2.21. The quantitative estimate of drug-likeness (QED) is 0.881. The molecule has 0 atom stereocenters. The van der Waals surface area contributed by atoms with E-state index in [9.17, 15) is 14.3 Å². The second-order valence-corrected chi connectivity index (χ2v) is 4.94. The number of aryl methyl sites for hydroxylation is 1. The van der Waals surface area contributed by atoms with Gasteiger partial charge in [0.25, 0.3) is 5.91 Å². The Labute approximate surface area is 118 Å². The van der Waals surface area contributed by atoms with E-state index in [2.05, 4.69) is 21.2 Å². The van der Waals surface area contributed by atoms with Crippen LogP contribution in [0, 0.1) is 12.7 Å². The van der Waals surface area contributed by atoms with Crippen LogP contribution >= 0.6 is 15.9 Å². The third-order valence-electron chi connectivity index (χ3n) is 2.63. The second-order valence-electron chi connectivity index (χ2n) is 4.08. The van der Waals surface area contributed by atoms with Gasteiger partial charge in [0.05, 0.1) is 4.47 Å². The van der Waals surface area contributed by atoms with Gasteiger partial charge in [0, 0.05) is 11.3 Å². The number of benzene rings is 2. The van der Waals surface area contributed by atoms with Gasteiger partial charge >= 0.3 is 0 Å². The van der Waals surface area contributed by atoms with Crippen LogP contribution in [-0.2, 0) is 0 Å². The molecule has 0 heterocycles. The van der Waals surface area contributed by atoms with Crippen LogP contribution in [0.4, 0.5) is 10.1 Å². The van der Waals surface area contributed by atoms with Crippen molar-refractivity contribution in [3.8, 4) is 5.75 Å². The van der Waals surface area contributed by atoms with Gasteiger partial charge in [0.1, 0.15) is 11.6 Å². The van der Waals surface area contributed by atoms with E-state index in [4.69, 9.17) is 0 Å². The minimum absolute atomic E-state index is 0.110. The lowest BCUT2D eigenvalue weighted by Crippen LogP contribution is -2.13. The predicted octanol–water partition coefficient (Wildman–Crippen LogP) is 3.85. The van der Waals surface area contributed by atoms with Gasteiger partial charge in [-0.25, -0.2) is 4.39 Å². The number of rotatable bonds is 2. The fraction of sp³-hybridized carbons (Fsp3) is 0.0714. The van der Waals surface area contributed by atoms with E-state index in [-0.39, 0.29) is 21.9 Å². The third-order valence-corrected chi connectivity index (χ3v) is 3.24. The molecule has 0 radical (unpaired) electrons. The summed E-state index contributed by atoms with van der Waals surface area (Å²) in [4.78, 5) is 12.0. The first-order valence-electron chi connectivity index (χ1n) is 5.53. The Bertz CT molecular complexity index is 643. The van der Waals surface area contributed by atoms with Crippen LogP contribution < -0.4 is 5.32 Å². The number of hydrogen-bond donors (Lipinski definition) is 2. The molecular weight excluding hydrogens is 313 g/mol. The van der Waals surface area contributed by atoms with Gasteiger partial charge in [0.15, 0.2) is 0 Å². The van der Waals surface area contributed by atoms with Crippen LogP contribution in [0.2, 0.25) is 0 Å². The number of carbonyl (C=O) groups is 1. The monoisotopic (exact) mass is 323 g/mol. The highest BCUT2D eigenvalue weighted by atomic mass is 79.9. The number of phenols is 1. The Morgan fingerprint density at radius 2 is 2.00 bits per heavy atom. The molecule has 2 aromatic rings. The van der Waals surface area contributed by atoms with Crippen molar-refractivity contribution in [3.05, 3.63) is 57.8 Å². The third kappa shape index (κ3) is 3.12. The SMILES string of the molecule is Cc1cc(O)ccc1C(=O)Nc1ccc(F)c(Br)c1. The molecule has 0 aliphatic carbocycles. The first kappa shape index (κ1) is 13.5. The van der Waals surface area contributed by atoms with E-state index in [0.717, 1.165) is 0 Å². The summed E-state index contributed by atoms with van der Waals surface area (Å²) in [5.41, 5.74) is 1.61. The van der Waals surface area contributed by atoms with Crippen molar-refractivity contribution in [3.63, 3.8) is 0 Å².